The Morgan fingerprint density at radius 2 is 2.05 bits per heavy atom. The van der Waals surface area contributed by atoms with Crippen LogP contribution in [-0.4, -0.2) is 25.1 Å². The Morgan fingerprint density at radius 3 is 2.62 bits per heavy atom. The van der Waals surface area contributed by atoms with Crippen molar-refractivity contribution in [3.05, 3.63) is 35.4 Å². The molecule has 1 aromatic rings. The molecule has 1 aliphatic rings. The molecule has 0 bridgehead atoms. The second-order valence-electron chi connectivity index (χ2n) is 6.37. The highest BCUT2D eigenvalue weighted by Gasteiger charge is 2.24. The van der Waals surface area contributed by atoms with Gasteiger partial charge < -0.3 is 10.6 Å². The summed E-state index contributed by atoms with van der Waals surface area (Å²) in [5.41, 5.74) is 2.71. The van der Waals surface area contributed by atoms with Gasteiger partial charge in [0.15, 0.2) is 5.96 Å². The molecule has 2 rings (SSSR count). The first-order valence-corrected chi connectivity index (χ1v) is 7.63. The highest BCUT2D eigenvalue weighted by Crippen LogP contribution is 2.24. The molecule has 0 atom stereocenters. The van der Waals surface area contributed by atoms with Crippen LogP contribution in [0.4, 0.5) is 0 Å². The van der Waals surface area contributed by atoms with E-state index in [2.05, 4.69) is 62.6 Å². The van der Waals surface area contributed by atoms with Crippen LogP contribution in [0.5, 0.6) is 0 Å². The minimum atomic E-state index is 0. The Balaban J connectivity index is 0.00000220. The Labute approximate surface area is 146 Å². The normalized spacial score (nSPS) is 15.3. The van der Waals surface area contributed by atoms with Crippen molar-refractivity contribution < 1.29 is 0 Å². The van der Waals surface area contributed by atoms with E-state index in [0.717, 1.165) is 19.0 Å². The Bertz CT molecular complexity index is 479. The van der Waals surface area contributed by atoms with Crippen molar-refractivity contribution in [2.45, 2.75) is 52.0 Å². The summed E-state index contributed by atoms with van der Waals surface area (Å²) in [6, 6.07) is 9.36. The molecule has 0 aliphatic heterocycles. The second-order valence-corrected chi connectivity index (χ2v) is 6.37. The molecular formula is C17H28IN3. The lowest BCUT2D eigenvalue weighted by Gasteiger charge is -2.24. The van der Waals surface area contributed by atoms with Gasteiger partial charge in [0.05, 0.1) is 6.54 Å². The minimum Gasteiger partial charge on any atom is -0.357 e. The molecular weight excluding hydrogens is 373 g/mol. The van der Waals surface area contributed by atoms with Gasteiger partial charge in [-0.2, -0.15) is 0 Å². The number of nitrogens with one attached hydrogen (secondary N) is 2. The molecule has 1 fully saturated rings. The molecule has 3 nitrogen and oxygen atoms in total. The Morgan fingerprint density at radius 1 is 1.33 bits per heavy atom. The van der Waals surface area contributed by atoms with Crippen molar-refractivity contribution in [3.8, 4) is 0 Å². The summed E-state index contributed by atoms with van der Waals surface area (Å²) in [5, 5.41) is 6.79. The maximum Gasteiger partial charge on any atom is 0.191 e. The minimum absolute atomic E-state index is 0. The van der Waals surface area contributed by atoms with Crippen LogP contribution in [-0.2, 0) is 5.41 Å². The monoisotopic (exact) mass is 401 g/mol. The topological polar surface area (TPSA) is 36.4 Å². The summed E-state index contributed by atoms with van der Waals surface area (Å²) in [4.78, 5) is 4.77. The SMILES string of the molecule is CCNC(=NCC(C)(C)c1cccc(C)c1)NC1CC1.I. The first kappa shape index (κ1) is 18.3. The number of aryl methyl sites for hydroxylation is 1. The van der Waals surface area contributed by atoms with Crippen molar-refractivity contribution in [1.29, 1.82) is 0 Å². The zero-order valence-electron chi connectivity index (χ0n) is 13.6. The van der Waals surface area contributed by atoms with Crippen LogP contribution in [0.1, 0.15) is 44.7 Å². The molecule has 1 aromatic carbocycles. The van der Waals surface area contributed by atoms with Gasteiger partial charge in [0.1, 0.15) is 0 Å². The number of benzene rings is 1. The zero-order valence-corrected chi connectivity index (χ0v) is 15.9. The summed E-state index contributed by atoms with van der Waals surface area (Å²) in [7, 11) is 0. The van der Waals surface area contributed by atoms with Crippen molar-refractivity contribution in [1.82, 2.24) is 10.6 Å². The molecule has 4 heteroatoms. The standard InChI is InChI=1S/C17H27N3.HI/c1-5-18-16(20-15-9-10-15)19-12-17(3,4)14-8-6-7-13(2)11-14;/h6-8,11,15H,5,9-10,12H2,1-4H3,(H2,18,19,20);1H. The van der Waals surface area contributed by atoms with Gasteiger partial charge in [-0.05, 0) is 32.3 Å². The van der Waals surface area contributed by atoms with E-state index < -0.39 is 0 Å². The number of hydrogen-bond acceptors (Lipinski definition) is 1. The third-order valence-corrected chi connectivity index (χ3v) is 3.69. The summed E-state index contributed by atoms with van der Waals surface area (Å²) in [6.07, 6.45) is 2.54. The molecule has 0 amide bonds. The number of nitrogens with zero attached hydrogens (tertiary/aromatic N) is 1. The van der Waals surface area contributed by atoms with E-state index in [1.165, 1.54) is 24.0 Å². The van der Waals surface area contributed by atoms with Crippen LogP contribution in [0.3, 0.4) is 0 Å². The van der Waals surface area contributed by atoms with E-state index in [1.807, 2.05) is 0 Å². The van der Waals surface area contributed by atoms with Crippen molar-refractivity contribution >= 4 is 29.9 Å². The number of aliphatic imine (C=N–C) groups is 1. The van der Waals surface area contributed by atoms with Gasteiger partial charge in [-0.3, -0.25) is 4.99 Å². The number of rotatable bonds is 5. The molecule has 1 saturated carbocycles. The quantitative estimate of drug-likeness (QED) is 0.449. The molecule has 0 spiro atoms. The van der Waals surface area contributed by atoms with Gasteiger partial charge >= 0.3 is 0 Å². The highest BCUT2D eigenvalue weighted by molar-refractivity contribution is 14.0. The van der Waals surface area contributed by atoms with E-state index in [1.54, 1.807) is 0 Å². The van der Waals surface area contributed by atoms with Gasteiger partial charge in [0.25, 0.3) is 0 Å². The molecule has 21 heavy (non-hydrogen) atoms. The molecule has 1 aliphatic carbocycles. The molecule has 0 saturated heterocycles. The lowest BCUT2D eigenvalue weighted by Crippen LogP contribution is -2.39. The maximum atomic E-state index is 4.77. The van der Waals surface area contributed by atoms with Crippen LogP contribution in [0.15, 0.2) is 29.3 Å². The van der Waals surface area contributed by atoms with Crippen molar-refractivity contribution in [3.63, 3.8) is 0 Å². The second kappa shape index (κ2) is 8.01. The third-order valence-electron chi connectivity index (χ3n) is 3.69. The fourth-order valence-electron chi connectivity index (χ4n) is 2.18. The third kappa shape index (κ3) is 5.85. The number of guanidine groups is 1. The van der Waals surface area contributed by atoms with Crippen LogP contribution < -0.4 is 10.6 Å². The van der Waals surface area contributed by atoms with Crippen molar-refractivity contribution in [2.75, 3.05) is 13.1 Å². The predicted octanol–water partition coefficient (Wildman–Crippen LogP) is 3.61. The van der Waals surface area contributed by atoms with Gasteiger partial charge in [-0.25, -0.2) is 0 Å². The van der Waals surface area contributed by atoms with E-state index in [0.29, 0.717) is 6.04 Å². The average Bonchev–Trinajstić information content (AvgIpc) is 3.20. The average molecular weight is 401 g/mol. The van der Waals surface area contributed by atoms with E-state index in [9.17, 15) is 0 Å². The number of hydrogen-bond donors (Lipinski definition) is 2. The Hall–Kier alpha value is -0.780. The fourth-order valence-corrected chi connectivity index (χ4v) is 2.18. The lowest BCUT2D eigenvalue weighted by atomic mass is 9.84. The molecule has 0 radical (unpaired) electrons. The van der Waals surface area contributed by atoms with Crippen LogP contribution >= 0.6 is 24.0 Å². The van der Waals surface area contributed by atoms with Gasteiger partial charge in [0.2, 0.25) is 0 Å². The largest absolute Gasteiger partial charge is 0.357 e. The summed E-state index contributed by atoms with van der Waals surface area (Å²) in [6.45, 7) is 10.5. The van der Waals surface area contributed by atoms with E-state index >= 15 is 0 Å². The van der Waals surface area contributed by atoms with Gasteiger partial charge in [0, 0.05) is 18.0 Å². The summed E-state index contributed by atoms with van der Waals surface area (Å²) < 4.78 is 0. The summed E-state index contributed by atoms with van der Waals surface area (Å²) in [5.74, 6) is 0.954. The highest BCUT2D eigenvalue weighted by atomic mass is 127. The summed E-state index contributed by atoms with van der Waals surface area (Å²) >= 11 is 0. The lowest BCUT2D eigenvalue weighted by molar-refractivity contribution is 0.537. The first-order chi connectivity index (χ1) is 9.51. The first-order valence-electron chi connectivity index (χ1n) is 7.63. The fraction of sp³-hybridized carbons (Fsp3) is 0.588. The van der Waals surface area contributed by atoms with Crippen LogP contribution in [0.25, 0.3) is 0 Å². The predicted molar refractivity (Wildman–Crippen MR) is 102 cm³/mol. The smallest absolute Gasteiger partial charge is 0.191 e. The maximum absolute atomic E-state index is 4.77. The van der Waals surface area contributed by atoms with E-state index in [4.69, 9.17) is 4.99 Å². The van der Waals surface area contributed by atoms with Gasteiger partial charge in [-0.1, -0.05) is 43.7 Å². The van der Waals surface area contributed by atoms with Crippen LogP contribution in [0.2, 0.25) is 0 Å². The zero-order chi connectivity index (χ0) is 14.6. The molecule has 2 N–H and O–H groups in total. The molecule has 0 aromatic heterocycles. The molecule has 118 valence electrons. The van der Waals surface area contributed by atoms with Crippen LogP contribution in [0, 0.1) is 6.92 Å². The van der Waals surface area contributed by atoms with E-state index in [-0.39, 0.29) is 29.4 Å². The number of halogens is 1. The van der Waals surface area contributed by atoms with Crippen molar-refractivity contribution in [2.24, 2.45) is 4.99 Å². The Kier molecular flexibility index (Phi) is 6.97. The molecule has 0 unspecified atom stereocenters. The molecule has 0 heterocycles. The van der Waals surface area contributed by atoms with Gasteiger partial charge in [-0.15, -0.1) is 24.0 Å².